The van der Waals surface area contributed by atoms with Crippen molar-refractivity contribution in [1.29, 1.82) is 0 Å². The lowest BCUT2D eigenvalue weighted by molar-refractivity contribution is -0.120. The van der Waals surface area contributed by atoms with Gasteiger partial charge in [-0.25, -0.2) is 0 Å². The van der Waals surface area contributed by atoms with Crippen molar-refractivity contribution in [3.05, 3.63) is 29.8 Å². The Morgan fingerprint density at radius 2 is 1.83 bits per heavy atom. The van der Waals surface area contributed by atoms with E-state index in [2.05, 4.69) is 5.32 Å². The molecule has 5 nitrogen and oxygen atoms in total. The van der Waals surface area contributed by atoms with E-state index < -0.39 is 0 Å². The zero-order valence-corrected chi connectivity index (χ0v) is 10.9. The van der Waals surface area contributed by atoms with Gasteiger partial charge in [-0.2, -0.15) is 0 Å². The SMILES string of the molecule is CCOCC(=O)Nc1ccc(C(=O)N(C)C)cc1. The molecule has 0 aliphatic carbocycles. The highest BCUT2D eigenvalue weighted by Crippen LogP contribution is 2.10. The third-order valence-corrected chi connectivity index (χ3v) is 2.26. The molecule has 0 bridgehead atoms. The van der Waals surface area contributed by atoms with Crippen molar-refractivity contribution in [2.45, 2.75) is 6.92 Å². The van der Waals surface area contributed by atoms with Gasteiger partial charge < -0.3 is 15.0 Å². The van der Waals surface area contributed by atoms with Gasteiger partial charge in [-0.1, -0.05) is 0 Å². The molecule has 0 aliphatic rings. The fourth-order valence-electron chi connectivity index (χ4n) is 1.35. The van der Waals surface area contributed by atoms with Gasteiger partial charge in [-0.15, -0.1) is 0 Å². The summed E-state index contributed by atoms with van der Waals surface area (Å²) in [5.74, 6) is -0.272. The molecular formula is C13H18N2O3. The number of nitrogens with zero attached hydrogens (tertiary/aromatic N) is 1. The number of benzene rings is 1. The molecule has 2 amide bonds. The minimum Gasteiger partial charge on any atom is -0.372 e. The van der Waals surface area contributed by atoms with E-state index >= 15 is 0 Å². The Morgan fingerprint density at radius 1 is 1.22 bits per heavy atom. The van der Waals surface area contributed by atoms with E-state index in [-0.39, 0.29) is 18.4 Å². The van der Waals surface area contributed by atoms with E-state index in [1.807, 2.05) is 6.92 Å². The van der Waals surface area contributed by atoms with Crippen LogP contribution in [-0.2, 0) is 9.53 Å². The van der Waals surface area contributed by atoms with E-state index in [4.69, 9.17) is 4.74 Å². The van der Waals surface area contributed by atoms with Crippen molar-refractivity contribution < 1.29 is 14.3 Å². The topological polar surface area (TPSA) is 58.6 Å². The minimum atomic E-state index is -0.205. The molecule has 5 heteroatoms. The fraction of sp³-hybridized carbons (Fsp3) is 0.385. The molecule has 0 aliphatic heterocycles. The Hall–Kier alpha value is -1.88. The fourth-order valence-corrected chi connectivity index (χ4v) is 1.35. The first kappa shape index (κ1) is 14.2. The summed E-state index contributed by atoms with van der Waals surface area (Å²) < 4.78 is 4.99. The highest BCUT2D eigenvalue weighted by atomic mass is 16.5. The van der Waals surface area contributed by atoms with Gasteiger partial charge in [0.15, 0.2) is 0 Å². The number of carbonyl (C=O) groups is 2. The standard InChI is InChI=1S/C13H18N2O3/c1-4-18-9-12(16)14-11-7-5-10(6-8-11)13(17)15(2)3/h5-8H,4,9H2,1-3H3,(H,14,16). The molecule has 0 saturated carbocycles. The van der Waals surface area contributed by atoms with Crippen LogP contribution in [0.5, 0.6) is 0 Å². The van der Waals surface area contributed by atoms with Crippen molar-refractivity contribution in [1.82, 2.24) is 4.90 Å². The van der Waals surface area contributed by atoms with Crippen molar-refractivity contribution in [3.63, 3.8) is 0 Å². The molecular weight excluding hydrogens is 232 g/mol. The first-order chi connectivity index (χ1) is 8.54. The summed E-state index contributed by atoms with van der Waals surface area (Å²) in [5, 5.41) is 2.68. The van der Waals surface area contributed by atoms with Crippen LogP contribution >= 0.6 is 0 Å². The summed E-state index contributed by atoms with van der Waals surface area (Å²) in [4.78, 5) is 24.5. The van der Waals surface area contributed by atoms with Crippen molar-refractivity contribution >= 4 is 17.5 Å². The number of anilines is 1. The maximum absolute atomic E-state index is 11.6. The normalized spacial score (nSPS) is 9.94. The second-order valence-electron chi connectivity index (χ2n) is 3.96. The lowest BCUT2D eigenvalue weighted by Crippen LogP contribution is -2.22. The number of amides is 2. The molecule has 0 aromatic heterocycles. The Kier molecular flexibility index (Phi) is 5.32. The molecule has 98 valence electrons. The predicted octanol–water partition coefficient (Wildman–Crippen LogP) is 1.36. The van der Waals surface area contributed by atoms with Gasteiger partial charge in [0.25, 0.3) is 5.91 Å². The van der Waals surface area contributed by atoms with Gasteiger partial charge in [0.05, 0.1) is 0 Å². The quantitative estimate of drug-likeness (QED) is 0.858. The van der Waals surface area contributed by atoms with Crippen LogP contribution in [0, 0.1) is 0 Å². The minimum absolute atomic E-state index is 0.0366. The lowest BCUT2D eigenvalue weighted by Gasteiger charge is -2.11. The molecule has 0 spiro atoms. The third-order valence-electron chi connectivity index (χ3n) is 2.26. The Morgan fingerprint density at radius 3 is 2.33 bits per heavy atom. The average Bonchev–Trinajstić information content (AvgIpc) is 2.36. The molecule has 0 atom stereocenters. The van der Waals surface area contributed by atoms with E-state index in [0.29, 0.717) is 17.9 Å². The van der Waals surface area contributed by atoms with Crippen molar-refractivity contribution in [2.24, 2.45) is 0 Å². The van der Waals surface area contributed by atoms with Gasteiger partial charge in [-0.05, 0) is 31.2 Å². The monoisotopic (exact) mass is 250 g/mol. The number of hydrogen-bond donors (Lipinski definition) is 1. The summed E-state index contributed by atoms with van der Waals surface area (Å²) in [6.45, 7) is 2.37. The Labute approximate surface area is 107 Å². The number of hydrogen-bond acceptors (Lipinski definition) is 3. The molecule has 1 N–H and O–H groups in total. The summed E-state index contributed by atoms with van der Waals surface area (Å²) in [6, 6.07) is 6.75. The van der Waals surface area contributed by atoms with Gasteiger partial charge in [-0.3, -0.25) is 9.59 Å². The van der Waals surface area contributed by atoms with Crippen LogP contribution in [0.2, 0.25) is 0 Å². The van der Waals surface area contributed by atoms with Crippen LogP contribution in [0.1, 0.15) is 17.3 Å². The van der Waals surface area contributed by atoms with E-state index in [1.54, 1.807) is 38.4 Å². The van der Waals surface area contributed by atoms with Crippen LogP contribution in [-0.4, -0.2) is 44.0 Å². The maximum atomic E-state index is 11.6. The molecule has 1 rings (SSSR count). The molecule has 0 fully saturated rings. The number of carbonyl (C=O) groups excluding carboxylic acids is 2. The smallest absolute Gasteiger partial charge is 0.253 e. The van der Waals surface area contributed by atoms with Crippen LogP contribution in [0.15, 0.2) is 24.3 Å². The second kappa shape index (κ2) is 6.76. The lowest BCUT2D eigenvalue weighted by atomic mass is 10.2. The van der Waals surface area contributed by atoms with Crippen LogP contribution in [0.25, 0.3) is 0 Å². The molecule has 0 unspecified atom stereocenters. The maximum Gasteiger partial charge on any atom is 0.253 e. The Balaban J connectivity index is 2.60. The van der Waals surface area contributed by atoms with E-state index in [9.17, 15) is 9.59 Å². The zero-order chi connectivity index (χ0) is 13.5. The largest absolute Gasteiger partial charge is 0.372 e. The summed E-state index contributed by atoms with van der Waals surface area (Å²) in [5.41, 5.74) is 1.23. The second-order valence-corrected chi connectivity index (χ2v) is 3.96. The van der Waals surface area contributed by atoms with Crippen LogP contribution in [0.3, 0.4) is 0 Å². The zero-order valence-electron chi connectivity index (χ0n) is 10.9. The highest BCUT2D eigenvalue weighted by molar-refractivity contribution is 5.95. The van der Waals surface area contributed by atoms with Gasteiger partial charge >= 0.3 is 0 Å². The summed E-state index contributed by atoms with van der Waals surface area (Å²) >= 11 is 0. The van der Waals surface area contributed by atoms with Gasteiger partial charge in [0.2, 0.25) is 5.91 Å². The molecule has 1 aromatic carbocycles. The number of nitrogens with one attached hydrogen (secondary N) is 1. The number of ether oxygens (including phenoxy) is 1. The van der Waals surface area contributed by atoms with Crippen molar-refractivity contribution in [3.8, 4) is 0 Å². The Bertz CT molecular complexity index is 413. The molecule has 0 radical (unpaired) electrons. The average molecular weight is 250 g/mol. The first-order valence-electron chi connectivity index (χ1n) is 5.74. The highest BCUT2D eigenvalue weighted by Gasteiger charge is 2.08. The molecule has 1 aromatic rings. The number of rotatable bonds is 5. The van der Waals surface area contributed by atoms with Gasteiger partial charge in [0.1, 0.15) is 6.61 Å². The molecule has 18 heavy (non-hydrogen) atoms. The predicted molar refractivity (Wildman–Crippen MR) is 69.6 cm³/mol. The molecule has 0 saturated heterocycles. The van der Waals surface area contributed by atoms with Gasteiger partial charge in [0, 0.05) is 32.0 Å². The third kappa shape index (κ3) is 4.18. The first-order valence-corrected chi connectivity index (χ1v) is 5.74. The van der Waals surface area contributed by atoms with E-state index in [1.165, 1.54) is 4.90 Å². The summed E-state index contributed by atoms with van der Waals surface area (Å²) in [6.07, 6.45) is 0. The van der Waals surface area contributed by atoms with Crippen LogP contribution in [0.4, 0.5) is 5.69 Å². The van der Waals surface area contributed by atoms with Crippen molar-refractivity contribution in [2.75, 3.05) is 32.6 Å². The van der Waals surface area contributed by atoms with Crippen LogP contribution < -0.4 is 5.32 Å². The summed E-state index contributed by atoms with van der Waals surface area (Å²) in [7, 11) is 3.39. The molecule has 0 heterocycles. The van der Waals surface area contributed by atoms with E-state index in [0.717, 1.165) is 0 Å².